The molecule has 16 heavy (non-hydrogen) atoms. The molecule has 0 spiro atoms. The molecule has 0 aromatic heterocycles. The third-order valence-corrected chi connectivity index (χ3v) is 2.28. The van der Waals surface area contributed by atoms with Crippen LogP contribution in [-0.4, -0.2) is 29.7 Å². The van der Waals surface area contributed by atoms with Gasteiger partial charge in [-0.3, -0.25) is 0 Å². The predicted octanol–water partition coefficient (Wildman–Crippen LogP) is 2.49. The molecule has 2 N–H and O–H groups in total. The number of anilines is 1. The molecule has 90 valence electrons. The van der Waals surface area contributed by atoms with Crippen LogP contribution in [0.5, 0.6) is 5.75 Å². The standard InChI is InChI=1S/C12H18ClNO2/c1-9(2)16-12-5-3-4-10(6-12)14-8-11(15)7-13/h3-6,9,11,14-15H,7-8H2,1-2H3. The van der Waals surface area contributed by atoms with E-state index in [-0.39, 0.29) is 12.0 Å². The molecule has 0 amide bonds. The lowest BCUT2D eigenvalue weighted by Gasteiger charge is -2.13. The third-order valence-electron chi connectivity index (χ3n) is 1.93. The molecular formula is C12H18ClNO2. The van der Waals surface area contributed by atoms with Crippen LogP contribution in [0, 0.1) is 0 Å². The van der Waals surface area contributed by atoms with Crippen LogP contribution in [0.25, 0.3) is 0 Å². The van der Waals surface area contributed by atoms with E-state index in [1.165, 1.54) is 0 Å². The fraction of sp³-hybridized carbons (Fsp3) is 0.500. The summed E-state index contributed by atoms with van der Waals surface area (Å²) in [5.74, 6) is 1.05. The second-order valence-corrected chi connectivity index (χ2v) is 4.19. The van der Waals surface area contributed by atoms with E-state index >= 15 is 0 Å². The molecule has 0 bridgehead atoms. The van der Waals surface area contributed by atoms with Gasteiger partial charge in [-0.2, -0.15) is 0 Å². The van der Waals surface area contributed by atoms with Crippen molar-refractivity contribution in [3.63, 3.8) is 0 Å². The van der Waals surface area contributed by atoms with Crippen molar-refractivity contribution in [3.8, 4) is 5.75 Å². The number of aliphatic hydroxyl groups is 1. The summed E-state index contributed by atoms with van der Waals surface area (Å²) in [5.41, 5.74) is 0.919. The van der Waals surface area contributed by atoms with Crippen LogP contribution in [-0.2, 0) is 0 Å². The molecule has 4 heteroatoms. The van der Waals surface area contributed by atoms with Crippen LogP contribution < -0.4 is 10.1 Å². The number of ether oxygens (including phenoxy) is 1. The van der Waals surface area contributed by atoms with E-state index in [9.17, 15) is 5.11 Å². The van der Waals surface area contributed by atoms with Crippen molar-refractivity contribution in [1.82, 2.24) is 0 Å². The number of hydrogen-bond acceptors (Lipinski definition) is 3. The molecule has 1 unspecified atom stereocenters. The van der Waals surface area contributed by atoms with Crippen molar-refractivity contribution >= 4 is 17.3 Å². The number of rotatable bonds is 6. The summed E-state index contributed by atoms with van der Waals surface area (Å²) < 4.78 is 5.56. The van der Waals surface area contributed by atoms with Crippen LogP contribution in [0.15, 0.2) is 24.3 Å². The van der Waals surface area contributed by atoms with Crippen LogP contribution in [0.3, 0.4) is 0 Å². The number of hydrogen-bond donors (Lipinski definition) is 2. The van der Waals surface area contributed by atoms with Crippen LogP contribution >= 0.6 is 11.6 Å². The Labute approximate surface area is 101 Å². The molecule has 1 rings (SSSR count). The molecule has 0 fully saturated rings. The van der Waals surface area contributed by atoms with E-state index < -0.39 is 6.10 Å². The second-order valence-electron chi connectivity index (χ2n) is 3.88. The van der Waals surface area contributed by atoms with Gasteiger partial charge in [-0.15, -0.1) is 11.6 Å². The van der Waals surface area contributed by atoms with Gasteiger partial charge in [0.1, 0.15) is 5.75 Å². The van der Waals surface area contributed by atoms with Crippen molar-refractivity contribution in [2.75, 3.05) is 17.7 Å². The molecule has 0 aliphatic rings. The smallest absolute Gasteiger partial charge is 0.121 e. The topological polar surface area (TPSA) is 41.5 Å². The summed E-state index contributed by atoms with van der Waals surface area (Å²) in [5, 5.41) is 12.4. The average molecular weight is 244 g/mol. The Kier molecular flexibility index (Phi) is 5.43. The zero-order valence-electron chi connectivity index (χ0n) is 9.61. The fourth-order valence-corrected chi connectivity index (χ4v) is 1.35. The quantitative estimate of drug-likeness (QED) is 0.755. The first-order valence-electron chi connectivity index (χ1n) is 5.36. The molecule has 0 saturated heterocycles. The van der Waals surface area contributed by atoms with E-state index in [2.05, 4.69) is 5.32 Å². The molecule has 0 aliphatic carbocycles. The normalized spacial score (nSPS) is 12.6. The number of aliphatic hydroxyl groups excluding tert-OH is 1. The minimum atomic E-state index is -0.531. The van der Waals surface area contributed by atoms with Gasteiger partial charge in [-0.05, 0) is 26.0 Å². The maximum Gasteiger partial charge on any atom is 0.121 e. The zero-order valence-corrected chi connectivity index (χ0v) is 10.4. The Bertz CT molecular complexity index is 318. The number of alkyl halides is 1. The average Bonchev–Trinajstić information content (AvgIpc) is 2.25. The fourth-order valence-electron chi connectivity index (χ4n) is 1.24. The Morgan fingerprint density at radius 2 is 2.19 bits per heavy atom. The number of nitrogens with one attached hydrogen (secondary N) is 1. The van der Waals surface area contributed by atoms with Gasteiger partial charge in [0.2, 0.25) is 0 Å². The minimum Gasteiger partial charge on any atom is -0.491 e. The number of halogens is 1. The molecule has 0 saturated carbocycles. The van der Waals surface area contributed by atoms with Crippen molar-refractivity contribution in [1.29, 1.82) is 0 Å². The highest BCUT2D eigenvalue weighted by Crippen LogP contribution is 2.18. The van der Waals surface area contributed by atoms with E-state index in [1.807, 2.05) is 38.1 Å². The van der Waals surface area contributed by atoms with Gasteiger partial charge in [0, 0.05) is 18.3 Å². The molecule has 0 heterocycles. The molecule has 0 aliphatic heterocycles. The molecule has 1 atom stereocenters. The van der Waals surface area contributed by atoms with Gasteiger partial charge < -0.3 is 15.2 Å². The Morgan fingerprint density at radius 1 is 1.44 bits per heavy atom. The largest absolute Gasteiger partial charge is 0.491 e. The van der Waals surface area contributed by atoms with Crippen LogP contribution in [0.4, 0.5) is 5.69 Å². The SMILES string of the molecule is CC(C)Oc1cccc(NCC(O)CCl)c1. The summed E-state index contributed by atoms with van der Waals surface area (Å²) in [7, 11) is 0. The predicted molar refractivity (Wildman–Crippen MR) is 67.4 cm³/mol. The minimum absolute atomic E-state index is 0.156. The first-order chi connectivity index (χ1) is 7.61. The van der Waals surface area contributed by atoms with Crippen LogP contribution in [0.1, 0.15) is 13.8 Å². The van der Waals surface area contributed by atoms with Crippen molar-refractivity contribution in [3.05, 3.63) is 24.3 Å². The van der Waals surface area contributed by atoms with Gasteiger partial charge in [0.15, 0.2) is 0 Å². The summed E-state index contributed by atoms with van der Waals surface area (Å²) >= 11 is 5.50. The lowest BCUT2D eigenvalue weighted by atomic mass is 10.3. The van der Waals surface area contributed by atoms with E-state index in [4.69, 9.17) is 16.3 Å². The highest BCUT2D eigenvalue weighted by Gasteiger charge is 2.02. The van der Waals surface area contributed by atoms with E-state index in [1.54, 1.807) is 0 Å². The van der Waals surface area contributed by atoms with Crippen molar-refractivity contribution in [2.24, 2.45) is 0 Å². The van der Waals surface area contributed by atoms with Crippen molar-refractivity contribution in [2.45, 2.75) is 26.1 Å². The Balaban J connectivity index is 2.53. The third kappa shape index (κ3) is 4.73. The summed E-state index contributed by atoms with van der Waals surface area (Å²) in [6.07, 6.45) is -0.375. The lowest BCUT2D eigenvalue weighted by molar-refractivity contribution is 0.211. The Hall–Kier alpha value is -0.930. The molecule has 1 aromatic carbocycles. The summed E-state index contributed by atoms with van der Waals surface area (Å²) in [6.45, 7) is 4.41. The van der Waals surface area contributed by atoms with Gasteiger partial charge in [-0.1, -0.05) is 6.07 Å². The van der Waals surface area contributed by atoms with Gasteiger partial charge in [0.05, 0.1) is 18.1 Å². The highest BCUT2D eigenvalue weighted by molar-refractivity contribution is 6.18. The van der Waals surface area contributed by atoms with Crippen LogP contribution in [0.2, 0.25) is 0 Å². The lowest BCUT2D eigenvalue weighted by Crippen LogP contribution is -2.20. The Morgan fingerprint density at radius 3 is 2.81 bits per heavy atom. The monoisotopic (exact) mass is 243 g/mol. The maximum atomic E-state index is 9.31. The summed E-state index contributed by atoms with van der Waals surface area (Å²) in [6, 6.07) is 7.64. The zero-order chi connectivity index (χ0) is 12.0. The summed E-state index contributed by atoms with van der Waals surface area (Å²) in [4.78, 5) is 0. The second kappa shape index (κ2) is 6.61. The highest BCUT2D eigenvalue weighted by atomic mass is 35.5. The first-order valence-corrected chi connectivity index (χ1v) is 5.90. The maximum absolute atomic E-state index is 9.31. The van der Waals surface area contributed by atoms with E-state index in [0.717, 1.165) is 11.4 Å². The molecule has 1 aromatic rings. The van der Waals surface area contributed by atoms with Gasteiger partial charge >= 0.3 is 0 Å². The first kappa shape index (κ1) is 13.1. The molecule has 3 nitrogen and oxygen atoms in total. The molecular weight excluding hydrogens is 226 g/mol. The van der Waals surface area contributed by atoms with Gasteiger partial charge in [-0.25, -0.2) is 0 Å². The number of benzene rings is 1. The molecule has 0 radical (unpaired) electrons. The van der Waals surface area contributed by atoms with E-state index in [0.29, 0.717) is 6.54 Å². The van der Waals surface area contributed by atoms with Gasteiger partial charge in [0.25, 0.3) is 0 Å². The van der Waals surface area contributed by atoms with Crippen molar-refractivity contribution < 1.29 is 9.84 Å².